The van der Waals surface area contributed by atoms with Crippen molar-refractivity contribution in [1.82, 2.24) is 4.83 Å². The van der Waals surface area contributed by atoms with E-state index in [0.29, 0.717) is 29.7 Å². The molecule has 0 heterocycles. The molecule has 0 aromatic heterocycles. The lowest BCUT2D eigenvalue weighted by Gasteiger charge is -2.23. The number of nitrogens with zero attached hydrogens (tertiary/aromatic N) is 1. The van der Waals surface area contributed by atoms with Crippen LogP contribution in [0.2, 0.25) is 0 Å². The fraction of sp³-hybridized carbons (Fsp3) is 0.429. The van der Waals surface area contributed by atoms with Gasteiger partial charge in [0.25, 0.3) is 10.0 Å². The Kier molecular flexibility index (Phi) is 4.04. The number of rotatable bonds is 4. The van der Waals surface area contributed by atoms with Crippen LogP contribution in [0, 0.1) is 26.7 Å². The van der Waals surface area contributed by atoms with Crippen LogP contribution in [0.4, 0.5) is 0 Å². The molecule has 1 aromatic carbocycles. The van der Waals surface area contributed by atoms with Gasteiger partial charge in [-0.2, -0.15) is 13.5 Å². The van der Waals surface area contributed by atoms with E-state index < -0.39 is 21.9 Å². The lowest BCUT2D eigenvalue weighted by molar-refractivity contribution is -0.142. The topological polar surface area (TPSA) is 95.8 Å². The molecule has 0 saturated heterocycles. The first-order valence-electron chi connectivity index (χ1n) is 6.58. The molecule has 0 atom stereocenters. The van der Waals surface area contributed by atoms with Crippen LogP contribution in [0.15, 0.2) is 22.1 Å². The first-order chi connectivity index (χ1) is 9.70. The molecule has 0 spiro atoms. The molecule has 1 aliphatic rings. The molecule has 21 heavy (non-hydrogen) atoms. The van der Waals surface area contributed by atoms with Crippen LogP contribution >= 0.6 is 0 Å². The third-order valence-electron chi connectivity index (χ3n) is 3.51. The van der Waals surface area contributed by atoms with Crippen molar-refractivity contribution in [3.8, 4) is 0 Å². The van der Waals surface area contributed by atoms with E-state index in [1.165, 1.54) is 0 Å². The zero-order valence-electron chi connectivity index (χ0n) is 12.2. The zero-order chi connectivity index (χ0) is 15.8. The van der Waals surface area contributed by atoms with E-state index >= 15 is 0 Å². The van der Waals surface area contributed by atoms with Gasteiger partial charge in [0.15, 0.2) is 0 Å². The van der Waals surface area contributed by atoms with Gasteiger partial charge in [-0.3, -0.25) is 4.79 Å². The minimum absolute atomic E-state index is 0.228. The first kappa shape index (κ1) is 15.5. The summed E-state index contributed by atoms with van der Waals surface area (Å²) in [4.78, 5) is 13.1. The molecule has 0 radical (unpaired) electrons. The van der Waals surface area contributed by atoms with Crippen LogP contribution in [0.25, 0.3) is 0 Å². The van der Waals surface area contributed by atoms with Crippen molar-refractivity contribution in [3.63, 3.8) is 0 Å². The summed E-state index contributed by atoms with van der Waals surface area (Å²) in [5.74, 6) is -1.32. The summed E-state index contributed by atoms with van der Waals surface area (Å²) in [6, 6.07) is 3.61. The molecule has 2 N–H and O–H groups in total. The maximum Gasteiger partial charge on any atom is 0.307 e. The summed E-state index contributed by atoms with van der Waals surface area (Å²) in [6.07, 6.45) is 0.591. The Balaban J connectivity index is 2.18. The number of carbonyl (C=O) groups is 1. The second-order valence-electron chi connectivity index (χ2n) is 5.44. The fourth-order valence-electron chi connectivity index (χ4n) is 2.54. The smallest absolute Gasteiger partial charge is 0.307 e. The average molecular weight is 310 g/mol. The maximum atomic E-state index is 12.3. The molecule has 7 heteroatoms. The average Bonchev–Trinajstić information content (AvgIpc) is 2.23. The quantitative estimate of drug-likeness (QED) is 0.828. The van der Waals surface area contributed by atoms with Gasteiger partial charge in [0, 0.05) is 18.6 Å². The van der Waals surface area contributed by atoms with E-state index in [4.69, 9.17) is 5.11 Å². The van der Waals surface area contributed by atoms with E-state index in [0.717, 1.165) is 5.56 Å². The van der Waals surface area contributed by atoms with Crippen molar-refractivity contribution in [2.75, 3.05) is 0 Å². The van der Waals surface area contributed by atoms with Crippen molar-refractivity contribution in [2.24, 2.45) is 11.0 Å². The third kappa shape index (κ3) is 3.24. The molecule has 2 rings (SSSR count). The van der Waals surface area contributed by atoms with Crippen molar-refractivity contribution in [2.45, 2.75) is 38.5 Å². The number of sulfonamides is 1. The number of carboxylic acid groups (broad SMARTS) is 1. The summed E-state index contributed by atoms with van der Waals surface area (Å²) < 4.78 is 24.6. The van der Waals surface area contributed by atoms with Crippen LogP contribution < -0.4 is 4.83 Å². The predicted molar refractivity (Wildman–Crippen MR) is 78.8 cm³/mol. The fourth-order valence-corrected chi connectivity index (χ4v) is 3.84. The van der Waals surface area contributed by atoms with Gasteiger partial charge in [-0.1, -0.05) is 17.7 Å². The first-order valence-corrected chi connectivity index (χ1v) is 8.07. The number of hydrogen-bond acceptors (Lipinski definition) is 4. The van der Waals surface area contributed by atoms with Gasteiger partial charge in [0.2, 0.25) is 0 Å². The van der Waals surface area contributed by atoms with Crippen LogP contribution in [0.1, 0.15) is 29.5 Å². The maximum absolute atomic E-state index is 12.3. The minimum atomic E-state index is -3.73. The van der Waals surface area contributed by atoms with Crippen LogP contribution in [-0.4, -0.2) is 25.2 Å². The van der Waals surface area contributed by atoms with Gasteiger partial charge in [-0.15, -0.1) is 0 Å². The molecule has 0 aliphatic heterocycles. The third-order valence-corrected chi connectivity index (χ3v) is 5.02. The summed E-state index contributed by atoms with van der Waals surface area (Å²) in [7, 11) is -3.73. The molecule has 0 amide bonds. The standard InChI is InChI=1S/C14H18N2O4S/c1-8-4-9(2)13(10(3)5-8)21(19,20)16-15-12-6-11(7-12)14(17)18/h4-5,11,16H,6-7H2,1-3H3,(H,17,18). The summed E-state index contributed by atoms with van der Waals surface area (Å²) in [6.45, 7) is 5.39. The van der Waals surface area contributed by atoms with E-state index in [1.807, 2.05) is 6.92 Å². The van der Waals surface area contributed by atoms with Crippen LogP contribution in [0.5, 0.6) is 0 Å². The number of hydrogen-bond donors (Lipinski definition) is 2. The highest BCUT2D eigenvalue weighted by molar-refractivity contribution is 7.89. The van der Waals surface area contributed by atoms with Gasteiger partial charge in [0.05, 0.1) is 10.8 Å². The zero-order valence-corrected chi connectivity index (χ0v) is 13.0. The summed E-state index contributed by atoms with van der Waals surface area (Å²) in [5.41, 5.74) is 2.89. The predicted octanol–water partition coefficient (Wildman–Crippen LogP) is 1.74. The van der Waals surface area contributed by atoms with Crippen molar-refractivity contribution in [1.29, 1.82) is 0 Å². The normalized spacial score (nSPS) is 18.0. The summed E-state index contributed by atoms with van der Waals surface area (Å²) in [5, 5.41) is 12.6. The van der Waals surface area contributed by atoms with Crippen LogP contribution in [0.3, 0.4) is 0 Å². The van der Waals surface area contributed by atoms with Crippen molar-refractivity contribution >= 4 is 21.7 Å². The molecule has 0 unspecified atom stereocenters. The highest BCUT2D eigenvalue weighted by Crippen LogP contribution is 2.25. The van der Waals surface area contributed by atoms with E-state index in [-0.39, 0.29) is 4.90 Å². The number of carboxylic acids is 1. The Morgan fingerprint density at radius 2 is 1.76 bits per heavy atom. The molecule has 1 aliphatic carbocycles. The van der Waals surface area contributed by atoms with Crippen molar-refractivity contribution < 1.29 is 18.3 Å². The molecule has 6 nitrogen and oxygen atoms in total. The Morgan fingerprint density at radius 1 is 1.24 bits per heavy atom. The molecular weight excluding hydrogens is 292 g/mol. The van der Waals surface area contributed by atoms with Gasteiger partial charge in [-0.25, -0.2) is 4.83 Å². The number of aliphatic carboxylic acids is 1. The Morgan fingerprint density at radius 3 is 2.24 bits per heavy atom. The van der Waals surface area contributed by atoms with Gasteiger partial charge >= 0.3 is 5.97 Å². The largest absolute Gasteiger partial charge is 0.481 e. The van der Waals surface area contributed by atoms with Crippen molar-refractivity contribution in [3.05, 3.63) is 28.8 Å². The van der Waals surface area contributed by atoms with Gasteiger partial charge < -0.3 is 5.11 Å². The van der Waals surface area contributed by atoms with E-state index in [9.17, 15) is 13.2 Å². The number of aryl methyl sites for hydroxylation is 3. The highest BCUT2D eigenvalue weighted by Gasteiger charge is 2.31. The van der Waals surface area contributed by atoms with Crippen LogP contribution in [-0.2, 0) is 14.8 Å². The molecule has 1 fully saturated rings. The minimum Gasteiger partial charge on any atom is -0.481 e. The molecule has 1 saturated carbocycles. The number of hydrazone groups is 1. The summed E-state index contributed by atoms with van der Waals surface area (Å²) >= 11 is 0. The number of benzene rings is 1. The van der Waals surface area contributed by atoms with E-state index in [2.05, 4.69) is 9.93 Å². The second kappa shape index (κ2) is 5.48. The van der Waals surface area contributed by atoms with Gasteiger partial charge in [0.1, 0.15) is 0 Å². The molecule has 1 aromatic rings. The highest BCUT2D eigenvalue weighted by atomic mass is 32.2. The Hall–Kier alpha value is -1.89. The lowest BCUT2D eigenvalue weighted by atomic mass is 9.83. The number of nitrogens with one attached hydrogen (secondary N) is 1. The SMILES string of the molecule is Cc1cc(C)c(S(=O)(=O)NN=C2CC(C(=O)O)C2)c(C)c1. The Labute approximate surface area is 123 Å². The second-order valence-corrected chi connectivity index (χ2v) is 7.04. The molecule has 0 bridgehead atoms. The monoisotopic (exact) mass is 310 g/mol. The Bertz CT molecular complexity index is 691. The molecular formula is C14H18N2O4S. The molecule has 114 valence electrons. The van der Waals surface area contributed by atoms with E-state index in [1.54, 1.807) is 26.0 Å². The van der Waals surface area contributed by atoms with Gasteiger partial charge in [-0.05, 0) is 31.9 Å². The lowest BCUT2D eigenvalue weighted by Crippen LogP contribution is -2.33.